The smallest absolute Gasteiger partial charge is 0.220 e. The predicted octanol–water partition coefficient (Wildman–Crippen LogP) is 2.66. The van der Waals surface area contributed by atoms with Crippen molar-refractivity contribution in [1.82, 2.24) is 10.2 Å². The van der Waals surface area contributed by atoms with Crippen molar-refractivity contribution >= 4 is 5.91 Å². The van der Waals surface area contributed by atoms with Gasteiger partial charge in [0.1, 0.15) is 0 Å². The van der Waals surface area contributed by atoms with Gasteiger partial charge in [0, 0.05) is 19.0 Å². The first kappa shape index (κ1) is 18.0. The first-order valence-electron chi connectivity index (χ1n) is 8.71. The van der Waals surface area contributed by atoms with Crippen LogP contribution in [0.3, 0.4) is 0 Å². The molecule has 0 bridgehead atoms. The molecule has 0 aliphatic carbocycles. The van der Waals surface area contributed by atoms with E-state index in [4.69, 9.17) is 0 Å². The third-order valence-corrected chi connectivity index (χ3v) is 4.89. The summed E-state index contributed by atoms with van der Waals surface area (Å²) in [5, 5.41) is 13.1. The number of rotatable bonds is 6. The molecule has 1 fully saturated rings. The number of likely N-dealkylation sites (tertiary alicyclic amines) is 1. The van der Waals surface area contributed by atoms with E-state index in [0.717, 1.165) is 37.1 Å². The Morgan fingerprint density at radius 3 is 2.57 bits per heavy atom. The summed E-state index contributed by atoms with van der Waals surface area (Å²) in [4.78, 5) is 14.6. The fourth-order valence-electron chi connectivity index (χ4n) is 3.29. The molecular formula is C19H30N2O2. The fourth-order valence-corrected chi connectivity index (χ4v) is 3.29. The fraction of sp³-hybridized carbons (Fsp3) is 0.632. The summed E-state index contributed by atoms with van der Waals surface area (Å²) >= 11 is 0. The van der Waals surface area contributed by atoms with E-state index in [2.05, 4.69) is 24.1 Å². The maximum atomic E-state index is 12.1. The lowest BCUT2D eigenvalue weighted by molar-refractivity contribution is -0.122. The van der Waals surface area contributed by atoms with Crippen molar-refractivity contribution in [2.45, 2.75) is 52.2 Å². The second-order valence-corrected chi connectivity index (χ2v) is 6.95. The van der Waals surface area contributed by atoms with Gasteiger partial charge < -0.3 is 15.3 Å². The molecule has 1 amide bonds. The molecule has 1 aromatic carbocycles. The van der Waals surface area contributed by atoms with E-state index >= 15 is 0 Å². The molecule has 1 saturated heterocycles. The minimum atomic E-state index is -0.636. The average Bonchev–Trinajstić information content (AvgIpc) is 2.53. The van der Waals surface area contributed by atoms with E-state index in [9.17, 15) is 9.90 Å². The first-order valence-corrected chi connectivity index (χ1v) is 8.71. The van der Waals surface area contributed by atoms with Gasteiger partial charge in [-0.2, -0.15) is 0 Å². The number of hydrogen-bond donors (Lipinski definition) is 2. The molecule has 1 aromatic rings. The van der Waals surface area contributed by atoms with Gasteiger partial charge in [-0.15, -0.1) is 0 Å². The Hall–Kier alpha value is -1.39. The van der Waals surface area contributed by atoms with E-state index in [1.54, 1.807) is 0 Å². The van der Waals surface area contributed by atoms with Crippen molar-refractivity contribution in [3.05, 3.63) is 35.4 Å². The van der Waals surface area contributed by atoms with Gasteiger partial charge in [-0.05, 0) is 63.7 Å². The van der Waals surface area contributed by atoms with Crippen LogP contribution in [0.4, 0.5) is 0 Å². The van der Waals surface area contributed by atoms with E-state index in [-0.39, 0.29) is 12.5 Å². The number of carbonyl (C=O) groups excluding carboxylic acids is 1. The minimum absolute atomic E-state index is 0.0561. The Morgan fingerprint density at radius 1 is 1.30 bits per heavy atom. The monoisotopic (exact) mass is 318 g/mol. The molecule has 0 radical (unpaired) electrons. The highest BCUT2D eigenvalue weighted by Gasteiger charge is 2.23. The molecule has 23 heavy (non-hydrogen) atoms. The number of nitrogens with zero attached hydrogens (tertiary/aromatic N) is 1. The second kappa shape index (κ2) is 8.46. The predicted molar refractivity (Wildman–Crippen MR) is 93.2 cm³/mol. The average molecular weight is 318 g/mol. The minimum Gasteiger partial charge on any atom is -0.387 e. The van der Waals surface area contributed by atoms with Crippen LogP contribution in [0.15, 0.2) is 24.3 Å². The van der Waals surface area contributed by atoms with Crippen LogP contribution < -0.4 is 5.32 Å². The summed E-state index contributed by atoms with van der Waals surface area (Å²) in [5.41, 5.74) is 1.94. The first-order chi connectivity index (χ1) is 11.0. The summed E-state index contributed by atoms with van der Waals surface area (Å²) in [6.07, 6.45) is 2.12. The second-order valence-electron chi connectivity index (χ2n) is 6.95. The van der Waals surface area contributed by atoms with Crippen molar-refractivity contribution in [2.75, 3.05) is 19.6 Å². The Kier molecular flexibility index (Phi) is 6.60. The SMILES string of the molecule is Cc1ccccc1[C@@H](O)CNC(=O)CC1CCN(C(C)C)CC1. The standard InChI is InChI=1S/C19H30N2O2/c1-14(2)21-10-8-16(9-11-21)12-19(23)20-13-18(22)17-7-5-4-6-15(17)3/h4-7,14,16,18,22H,8-13H2,1-3H3,(H,20,23)/t18-/m0/s1. The van der Waals surface area contributed by atoms with Gasteiger partial charge in [-0.3, -0.25) is 4.79 Å². The Balaban J connectivity index is 1.72. The number of hydrogen-bond acceptors (Lipinski definition) is 3. The molecule has 0 spiro atoms. The van der Waals surface area contributed by atoms with Crippen LogP contribution >= 0.6 is 0 Å². The van der Waals surface area contributed by atoms with Gasteiger partial charge >= 0.3 is 0 Å². The van der Waals surface area contributed by atoms with Crippen molar-refractivity contribution in [3.63, 3.8) is 0 Å². The Labute approximate surface area is 139 Å². The third kappa shape index (κ3) is 5.33. The number of amides is 1. The third-order valence-electron chi connectivity index (χ3n) is 4.89. The molecular weight excluding hydrogens is 288 g/mol. The van der Waals surface area contributed by atoms with Gasteiger partial charge in [0.2, 0.25) is 5.91 Å². The van der Waals surface area contributed by atoms with Crippen LogP contribution in [-0.2, 0) is 4.79 Å². The molecule has 0 saturated carbocycles. The summed E-state index contributed by atoms with van der Waals surface area (Å²) in [6.45, 7) is 8.88. The lowest BCUT2D eigenvalue weighted by atomic mass is 9.92. The molecule has 2 N–H and O–H groups in total. The summed E-state index contributed by atoms with van der Waals surface area (Å²) in [7, 11) is 0. The van der Waals surface area contributed by atoms with Gasteiger partial charge in [0.05, 0.1) is 6.10 Å². The maximum absolute atomic E-state index is 12.1. The molecule has 4 heteroatoms. The van der Waals surface area contributed by atoms with Crippen LogP contribution in [0.25, 0.3) is 0 Å². The number of aliphatic hydroxyl groups is 1. The van der Waals surface area contributed by atoms with Crippen molar-refractivity contribution in [2.24, 2.45) is 5.92 Å². The van der Waals surface area contributed by atoms with Crippen LogP contribution in [0.5, 0.6) is 0 Å². The molecule has 0 unspecified atom stereocenters. The summed E-state index contributed by atoms with van der Waals surface area (Å²) in [6, 6.07) is 8.34. The molecule has 1 heterocycles. The zero-order chi connectivity index (χ0) is 16.8. The maximum Gasteiger partial charge on any atom is 0.220 e. The van der Waals surface area contributed by atoms with Gasteiger partial charge in [-0.25, -0.2) is 0 Å². The number of carbonyl (C=O) groups is 1. The lowest BCUT2D eigenvalue weighted by Gasteiger charge is -2.34. The van der Waals surface area contributed by atoms with E-state index < -0.39 is 6.10 Å². The van der Waals surface area contributed by atoms with Crippen molar-refractivity contribution < 1.29 is 9.90 Å². The highest BCUT2D eigenvalue weighted by Crippen LogP contribution is 2.22. The number of nitrogens with one attached hydrogen (secondary N) is 1. The molecule has 128 valence electrons. The number of aliphatic hydroxyl groups excluding tert-OH is 1. The van der Waals surface area contributed by atoms with Gasteiger partial charge in [0.25, 0.3) is 0 Å². The van der Waals surface area contributed by atoms with Crippen molar-refractivity contribution in [3.8, 4) is 0 Å². The summed E-state index contributed by atoms with van der Waals surface area (Å²) in [5.74, 6) is 0.529. The normalized spacial score (nSPS) is 18.1. The van der Waals surface area contributed by atoms with Crippen LogP contribution in [0.2, 0.25) is 0 Å². The van der Waals surface area contributed by atoms with Gasteiger partial charge in [0.15, 0.2) is 0 Å². The highest BCUT2D eigenvalue weighted by molar-refractivity contribution is 5.76. The zero-order valence-electron chi connectivity index (χ0n) is 14.6. The quantitative estimate of drug-likeness (QED) is 0.848. The van der Waals surface area contributed by atoms with Crippen LogP contribution in [0, 0.1) is 12.8 Å². The molecule has 1 atom stereocenters. The van der Waals surface area contributed by atoms with E-state index in [1.807, 2.05) is 31.2 Å². The Bertz CT molecular complexity index is 508. The van der Waals surface area contributed by atoms with Crippen LogP contribution in [0.1, 0.15) is 50.3 Å². The summed E-state index contributed by atoms with van der Waals surface area (Å²) < 4.78 is 0. The van der Waals surface area contributed by atoms with Crippen LogP contribution in [-0.4, -0.2) is 41.6 Å². The lowest BCUT2D eigenvalue weighted by Crippen LogP contribution is -2.40. The Morgan fingerprint density at radius 2 is 1.96 bits per heavy atom. The molecule has 1 aliphatic heterocycles. The van der Waals surface area contributed by atoms with Crippen molar-refractivity contribution in [1.29, 1.82) is 0 Å². The van der Waals surface area contributed by atoms with E-state index in [1.165, 1.54) is 0 Å². The topological polar surface area (TPSA) is 52.6 Å². The largest absolute Gasteiger partial charge is 0.387 e. The molecule has 1 aliphatic rings. The van der Waals surface area contributed by atoms with Gasteiger partial charge in [-0.1, -0.05) is 24.3 Å². The molecule has 0 aromatic heterocycles. The molecule has 2 rings (SSSR count). The highest BCUT2D eigenvalue weighted by atomic mass is 16.3. The number of piperidine rings is 1. The molecule has 4 nitrogen and oxygen atoms in total. The van der Waals surface area contributed by atoms with E-state index in [0.29, 0.717) is 18.4 Å². The number of benzene rings is 1. The number of aryl methyl sites for hydroxylation is 1. The zero-order valence-corrected chi connectivity index (χ0v) is 14.6.